The van der Waals surface area contributed by atoms with Crippen molar-refractivity contribution in [3.05, 3.63) is 12.7 Å². The number of allylic oxidation sites excluding steroid dienone is 1. The van der Waals surface area contributed by atoms with E-state index >= 15 is 0 Å². The Morgan fingerprint density at radius 1 is 1.47 bits per heavy atom. The number of hydrogen-bond donors (Lipinski definition) is 1. The molecule has 0 spiro atoms. The average Bonchev–Trinajstić information content (AvgIpc) is 1.99. The van der Waals surface area contributed by atoms with Crippen LogP contribution in [0.5, 0.6) is 0 Å². The van der Waals surface area contributed by atoms with Gasteiger partial charge in [-0.05, 0) is 12.3 Å². The lowest BCUT2D eigenvalue weighted by molar-refractivity contribution is -0.206. The van der Waals surface area contributed by atoms with Crippen molar-refractivity contribution < 1.29 is 23.1 Å². The molecule has 0 amide bonds. The average molecular weight is 224 g/mol. The van der Waals surface area contributed by atoms with Crippen LogP contribution < -0.4 is 0 Å². The molecule has 0 heterocycles. The second kappa shape index (κ2) is 5.19. The van der Waals surface area contributed by atoms with E-state index in [9.17, 15) is 18.0 Å². The van der Waals surface area contributed by atoms with Crippen molar-refractivity contribution in [2.24, 2.45) is 17.8 Å². The Hall–Kier alpha value is -1.00. The van der Waals surface area contributed by atoms with Crippen LogP contribution in [0.1, 0.15) is 20.3 Å². The lowest BCUT2D eigenvalue weighted by Gasteiger charge is -2.28. The zero-order chi connectivity index (χ0) is 12.2. The van der Waals surface area contributed by atoms with E-state index in [1.54, 1.807) is 0 Å². The van der Waals surface area contributed by atoms with Crippen molar-refractivity contribution in [1.82, 2.24) is 0 Å². The maximum Gasteiger partial charge on any atom is 0.392 e. The molecule has 0 bridgehead atoms. The summed E-state index contributed by atoms with van der Waals surface area (Å²) in [7, 11) is 0. The molecular weight excluding hydrogens is 209 g/mol. The molecule has 0 rings (SSSR count). The third kappa shape index (κ3) is 3.93. The van der Waals surface area contributed by atoms with Crippen LogP contribution >= 0.6 is 0 Å². The number of carboxylic acids is 1. The van der Waals surface area contributed by atoms with Crippen molar-refractivity contribution in [2.75, 3.05) is 0 Å². The molecule has 5 heteroatoms. The molecule has 0 saturated carbocycles. The number of rotatable bonds is 5. The molecule has 0 radical (unpaired) electrons. The molecule has 1 N–H and O–H groups in total. The number of hydrogen-bond acceptors (Lipinski definition) is 1. The largest absolute Gasteiger partial charge is 0.481 e. The molecule has 0 fully saturated rings. The van der Waals surface area contributed by atoms with E-state index in [0.29, 0.717) is 0 Å². The first-order valence-electron chi connectivity index (χ1n) is 4.62. The summed E-state index contributed by atoms with van der Waals surface area (Å²) < 4.78 is 37.8. The Balaban J connectivity index is 5.01. The summed E-state index contributed by atoms with van der Waals surface area (Å²) in [5.74, 6) is -5.45. The van der Waals surface area contributed by atoms with E-state index in [4.69, 9.17) is 5.11 Å². The Labute approximate surface area is 86.8 Å². The fourth-order valence-corrected chi connectivity index (χ4v) is 1.65. The van der Waals surface area contributed by atoms with E-state index in [1.807, 2.05) is 0 Å². The maximum absolute atomic E-state index is 12.6. The minimum Gasteiger partial charge on any atom is -0.481 e. The van der Waals surface area contributed by atoms with Crippen LogP contribution in [-0.2, 0) is 4.79 Å². The Bertz CT molecular complexity index is 233. The van der Waals surface area contributed by atoms with Gasteiger partial charge in [-0.2, -0.15) is 13.2 Å². The van der Waals surface area contributed by atoms with Crippen molar-refractivity contribution in [1.29, 1.82) is 0 Å². The Morgan fingerprint density at radius 2 is 1.93 bits per heavy atom. The lowest BCUT2D eigenvalue weighted by Crippen LogP contribution is -2.38. The van der Waals surface area contributed by atoms with Gasteiger partial charge in [0.25, 0.3) is 0 Å². The molecule has 0 aliphatic heterocycles. The van der Waals surface area contributed by atoms with Crippen LogP contribution in [0.3, 0.4) is 0 Å². The van der Waals surface area contributed by atoms with Gasteiger partial charge in [0, 0.05) is 0 Å². The highest BCUT2D eigenvalue weighted by molar-refractivity contribution is 5.70. The van der Waals surface area contributed by atoms with Gasteiger partial charge in [-0.1, -0.05) is 19.9 Å². The van der Waals surface area contributed by atoms with Crippen LogP contribution in [0.2, 0.25) is 0 Å². The van der Waals surface area contributed by atoms with Gasteiger partial charge in [0.2, 0.25) is 0 Å². The fraction of sp³-hybridized carbons (Fsp3) is 0.700. The Kier molecular flexibility index (Phi) is 4.84. The van der Waals surface area contributed by atoms with Crippen LogP contribution in [0.25, 0.3) is 0 Å². The molecule has 2 atom stereocenters. The summed E-state index contributed by atoms with van der Waals surface area (Å²) in [6.45, 7) is 6.02. The lowest BCUT2D eigenvalue weighted by atomic mass is 9.81. The fourth-order valence-electron chi connectivity index (χ4n) is 1.65. The van der Waals surface area contributed by atoms with Crippen molar-refractivity contribution >= 4 is 5.97 Å². The first kappa shape index (κ1) is 14.0. The molecule has 0 saturated heterocycles. The van der Waals surface area contributed by atoms with E-state index in [2.05, 4.69) is 6.58 Å². The normalized spacial score (nSPS) is 16.1. The van der Waals surface area contributed by atoms with Gasteiger partial charge < -0.3 is 5.11 Å². The number of aliphatic carboxylic acids is 1. The summed E-state index contributed by atoms with van der Waals surface area (Å²) in [5, 5.41) is 8.74. The Morgan fingerprint density at radius 3 is 2.13 bits per heavy atom. The van der Waals surface area contributed by atoms with Gasteiger partial charge in [-0.15, -0.1) is 6.58 Å². The van der Waals surface area contributed by atoms with Gasteiger partial charge in [-0.3, -0.25) is 4.79 Å². The highest BCUT2D eigenvalue weighted by Gasteiger charge is 2.48. The quantitative estimate of drug-likeness (QED) is 0.728. The number of carbonyl (C=O) groups is 1. The predicted octanol–water partition coefficient (Wildman–Crippen LogP) is 3.10. The van der Waals surface area contributed by atoms with Gasteiger partial charge in [0.05, 0.1) is 11.8 Å². The van der Waals surface area contributed by atoms with E-state index < -0.39 is 29.9 Å². The van der Waals surface area contributed by atoms with E-state index in [-0.39, 0.29) is 6.42 Å². The predicted molar refractivity (Wildman–Crippen MR) is 50.3 cm³/mol. The zero-order valence-corrected chi connectivity index (χ0v) is 8.71. The SMILES string of the molecule is C=CC[C@H](C(=O)O)[C@@H](C(C)C)C(F)(F)F. The van der Waals surface area contributed by atoms with Crippen LogP contribution in [0, 0.1) is 17.8 Å². The van der Waals surface area contributed by atoms with Crippen LogP contribution in [0.15, 0.2) is 12.7 Å². The van der Waals surface area contributed by atoms with E-state index in [0.717, 1.165) is 0 Å². The molecular formula is C10H15F3O2. The molecule has 88 valence electrons. The van der Waals surface area contributed by atoms with Gasteiger partial charge in [0.15, 0.2) is 0 Å². The molecule has 15 heavy (non-hydrogen) atoms. The first-order chi connectivity index (χ1) is 6.71. The molecule has 2 nitrogen and oxygen atoms in total. The summed E-state index contributed by atoms with van der Waals surface area (Å²) in [5.41, 5.74) is 0. The monoisotopic (exact) mass is 224 g/mol. The van der Waals surface area contributed by atoms with E-state index in [1.165, 1.54) is 19.9 Å². The van der Waals surface area contributed by atoms with Crippen molar-refractivity contribution in [2.45, 2.75) is 26.4 Å². The highest BCUT2D eigenvalue weighted by Crippen LogP contribution is 2.39. The summed E-state index contributed by atoms with van der Waals surface area (Å²) in [6, 6.07) is 0. The van der Waals surface area contributed by atoms with Crippen LogP contribution in [0.4, 0.5) is 13.2 Å². The highest BCUT2D eigenvalue weighted by atomic mass is 19.4. The molecule has 0 aromatic heterocycles. The zero-order valence-electron chi connectivity index (χ0n) is 8.71. The molecule has 0 aliphatic rings. The third-order valence-electron chi connectivity index (χ3n) is 2.27. The molecule has 0 unspecified atom stereocenters. The van der Waals surface area contributed by atoms with Crippen LogP contribution in [-0.4, -0.2) is 17.3 Å². The standard InChI is InChI=1S/C10H15F3O2/c1-4-5-7(9(14)15)8(6(2)3)10(11,12)13/h4,6-8H,1,5H2,2-3H3,(H,14,15)/t7-,8+/m0/s1. The topological polar surface area (TPSA) is 37.3 Å². The van der Waals surface area contributed by atoms with Gasteiger partial charge in [0.1, 0.15) is 0 Å². The second-order valence-corrected chi connectivity index (χ2v) is 3.78. The smallest absolute Gasteiger partial charge is 0.392 e. The minimum atomic E-state index is -4.49. The summed E-state index contributed by atoms with van der Waals surface area (Å²) in [6.07, 6.45) is -3.45. The summed E-state index contributed by atoms with van der Waals surface area (Å²) in [4.78, 5) is 10.7. The van der Waals surface area contributed by atoms with Crippen molar-refractivity contribution in [3.63, 3.8) is 0 Å². The first-order valence-corrected chi connectivity index (χ1v) is 4.62. The van der Waals surface area contributed by atoms with Gasteiger partial charge >= 0.3 is 12.1 Å². The molecule has 0 aromatic rings. The van der Waals surface area contributed by atoms with Gasteiger partial charge in [-0.25, -0.2) is 0 Å². The summed E-state index contributed by atoms with van der Waals surface area (Å²) >= 11 is 0. The third-order valence-corrected chi connectivity index (χ3v) is 2.27. The van der Waals surface area contributed by atoms with Crippen molar-refractivity contribution in [3.8, 4) is 0 Å². The minimum absolute atomic E-state index is 0.169. The molecule has 0 aromatic carbocycles. The molecule has 0 aliphatic carbocycles. The number of carboxylic acid groups (broad SMARTS) is 1. The number of alkyl halides is 3. The maximum atomic E-state index is 12.6. The number of halogens is 3. The second-order valence-electron chi connectivity index (χ2n) is 3.78.